The highest BCUT2D eigenvalue weighted by atomic mass is 32.1. The van der Waals surface area contributed by atoms with Crippen LogP contribution >= 0.6 is 22.7 Å². The van der Waals surface area contributed by atoms with Crippen LogP contribution in [0, 0.1) is 0 Å². The largest absolute Gasteiger partial charge is 0.252 e. The smallest absolute Gasteiger partial charge is 0.0972 e. The van der Waals surface area contributed by atoms with Gasteiger partial charge < -0.3 is 0 Å². The van der Waals surface area contributed by atoms with Crippen LogP contribution in [0.4, 0.5) is 0 Å². The Morgan fingerprint density at radius 1 is 0.464 bits per heavy atom. The lowest BCUT2D eigenvalue weighted by atomic mass is 10.0. The summed E-state index contributed by atoms with van der Waals surface area (Å²) in [6.07, 6.45) is 4.03. The summed E-state index contributed by atoms with van der Waals surface area (Å²) in [4.78, 5) is 9.71. The fraction of sp³-hybridized carbons (Fsp3) is 0. The summed E-state index contributed by atoms with van der Waals surface area (Å²) in [5.41, 5.74) is 1.98. The lowest BCUT2D eigenvalue weighted by Gasteiger charge is -2.06. The minimum absolute atomic E-state index is 0.991. The molecule has 0 unspecified atom stereocenters. The van der Waals surface area contributed by atoms with E-state index in [1.165, 1.54) is 51.1 Å². The topological polar surface area (TPSA) is 25.8 Å². The molecule has 0 N–H and O–H groups in total. The third-order valence-corrected chi connectivity index (χ3v) is 7.77. The number of hydrogen-bond acceptors (Lipinski definition) is 4. The second kappa shape index (κ2) is 5.25. The molecule has 7 rings (SSSR count). The highest BCUT2D eigenvalue weighted by Gasteiger charge is 2.15. The molecule has 0 amide bonds. The van der Waals surface area contributed by atoms with Crippen molar-refractivity contribution in [3.05, 3.63) is 73.1 Å². The van der Waals surface area contributed by atoms with Gasteiger partial charge in [-0.3, -0.25) is 9.97 Å². The first-order valence-electron chi connectivity index (χ1n) is 9.17. The van der Waals surface area contributed by atoms with Crippen molar-refractivity contribution in [3.63, 3.8) is 0 Å². The van der Waals surface area contributed by atoms with Crippen molar-refractivity contribution >= 4 is 84.8 Å². The first-order valence-corrected chi connectivity index (χ1v) is 10.8. The molecule has 28 heavy (non-hydrogen) atoms. The molecule has 0 spiro atoms. The van der Waals surface area contributed by atoms with Crippen molar-refractivity contribution in [1.29, 1.82) is 0 Å². The molecular formula is C24H12N2S2. The maximum absolute atomic E-state index is 4.86. The fourth-order valence-electron chi connectivity index (χ4n) is 4.36. The maximum Gasteiger partial charge on any atom is 0.0972 e. The van der Waals surface area contributed by atoms with Gasteiger partial charge in [-0.15, -0.1) is 22.7 Å². The van der Waals surface area contributed by atoms with E-state index >= 15 is 0 Å². The predicted octanol–water partition coefficient (Wildman–Crippen LogP) is 7.52. The summed E-state index contributed by atoms with van der Waals surface area (Å²) in [6.45, 7) is 0. The van der Waals surface area contributed by atoms with E-state index in [9.17, 15) is 0 Å². The van der Waals surface area contributed by atoms with Crippen LogP contribution in [0.5, 0.6) is 0 Å². The molecule has 4 heteroatoms. The Kier molecular flexibility index (Phi) is 2.80. The first kappa shape index (κ1) is 14.9. The van der Waals surface area contributed by atoms with Crippen LogP contribution in [0.2, 0.25) is 0 Å². The lowest BCUT2D eigenvalue weighted by molar-refractivity contribution is 1.42. The van der Waals surface area contributed by atoms with E-state index in [0.29, 0.717) is 0 Å². The molecule has 0 aliphatic carbocycles. The number of aromatic nitrogens is 2. The van der Waals surface area contributed by atoms with Gasteiger partial charge >= 0.3 is 0 Å². The molecule has 0 saturated heterocycles. The summed E-state index contributed by atoms with van der Waals surface area (Å²) >= 11 is 3.61. The Balaban J connectivity index is 1.72. The van der Waals surface area contributed by atoms with Gasteiger partial charge in [0.1, 0.15) is 0 Å². The van der Waals surface area contributed by atoms with Crippen LogP contribution < -0.4 is 0 Å². The van der Waals surface area contributed by atoms with Gasteiger partial charge in [0.2, 0.25) is 0 Å². The van der Waals surface area contributed by atoms with E-state index in [-0.39, 0.29) is 0 Å². The number of nitrogens with zero attached hydrogens (tertiary/aromatic N) is 2. The van der Waals surface area contributed by atoms with Crippen LogP contribution in [0.15, 0.2) is 73.1 Å². The van der Waals surface area contributed by atoms with Gasteiger partial charge in [0.05, 0.1) is 20.4 Å². The van der Waals surface area contributed by atoms with Gasteiger partial charge in [0.15, 0.2) is 0 Å². The predicted molar refractivity (Wildman–Crippen MR) is 123 cm³/mol. The highest BCUT2D eigenvalue weighted by molar-refractivity contribution is 7.26. The van der Waals surface area contributed by atoms with Crippen LogP contribution in [0.1, 0.15) is 0 Å². The number of hydrogen-bond donors (Lipinski definition) is 0. The van der Waals surface area contributed by atoms with Gasteiger partial charge in [-0.25, -0.2) is 0 Å². The van der Waals surface area contributed by atoms with Crippen molar-refractivity contribution < 1.29 is 0 Å². The number of thiophene rings is 2. The van der Waals surface area contributed by atoms with E-state index in [1.54, 1.807) is 22.7 Å². The fourth-order valence-corrected chi connectivity index (χ4v) is 6.54. The van der Waals surface area contributed by atoms with Gasteiger partial charge in [-0.05, 0) is 12.1 Å². The molecule has 0 aliphatic rings. The van der Waals surface area contributed by atoms with Crippen molar-refractivity contribution in [2.75, 3.05) is 0 Å². The monoisotopic (exact) mass is 392 g/mol. The Bertz CT molecular complexity index is 1590. The average molecular weight is 393 g/mol. The Labute approximate surface area is 167 Å². The average Bonchev–Trinajstić information content (AvgIpc) is 3.31. The van der Waals surface area contributed by atoms with Crippen molar-refractivity contribution in [2.24, 2.45) is 0 Å². The minimum atomic E-state index is 0.991. The van der Waals surface area contributed by atoms with Crippen molar-refractivity contribution in [3.8, 4) is 0 Å². The van der Waals surface area contributed by atoms with E-state index < -0.39 is 0 Å². The molecule has 0 saturated carbocycles. The van der Waals surface area contributed by atoms with E-state index in [0.717, 1.165) is 11.0 Å². The van der Waals surface area contributed by atoms with E-state index in [4.69, 9.17) is 9.97 Å². The van der Waals surface area contributed by atoms with Gasteiger partial charge in [0.25, 0.3) is 0 Å². The Hall–Kier alpha value is -3.08. The molecule has 3 aromatic carbocycles. The van der Waals surface area contributed by atoms with Crippen molar-refractivity contribution in [2.45, 2.75) is 0 Å². The number of benzene rings is 3. The lowest BCUT2D eigenvalue weighted by Crippen LogP contribution is -1.86. The number of rotatable bonds is 0. The second-order valence-corrected chi connectivity index (χ2v) is 9.22. The maximum atomic E-state index is 4.86. The van der Waals surface area contributed by atoms with Gasteiger partial charge in [0, 0.05) is 54.1 Å². The summed E-state index contributed by atoms with van der Waals surface area (Å²) in [6, 6.07) is 21.7. The van der Waals surface area contributed by atoms with Gasteiger partial charge in [-0.1, -0.05) is 48.5 Å². The van der Waals surface area contributed by atoms with Gasteiger partial charge in [-0.2, -0.15) is 0 Å². The highest BCUT2D eigenvalue weighted by Crippen LogP contribution is 2.42. The summed E-state index contributed by atoms with van der Waals surface area (Å²) in [5.74, 6) is 0. The van der Waals surface area contributed by atoms with Crippen LogP contribution in [-0.4, -0.2) is 9.97 Å². The SMILES string of the molecule is c1ccc2c(c1)sc1cnc3c(ccc4c3ncc3sc5ccccc5c34)c12. The number of fused-ring (bicyclic) bond motifs is 11. The molecule has 4 aromatic heterocycles. The molecule has 2 nitrogen and oxygen atoms in total. The number of pyridine rings is 2. The Morgan fingerprint density at radius 3 is 1.43 bits per heavy atom. The summed E-state index contributed by atoms with van der Waals surface area (Å²) in [7, 11) is 0. The first-order chi connectivity index (χ1) is 13.9. The molecule has 0 fully saturated rings. The normalized spacial score (nSPS) is 12.3. The van der Waals surface area contributed by atoms with E-state index in [1.807, 2.05) is 12.4 Å². The second-order valence-electron chi connectivity index (χ2n) is 7.05. The summed E-state index contributed by atoms with van der Waals surface area (Å²) < 4.78 is 5.07. The van der Waals surface area contributed by atoms with Crippen LogP contribution in [0.25, 0.3) is 62.2 Å². The molecule has 0 atom stereocenters. The molecule has 7 aromatic rings. The standard InChI is InChI=1S/C24H12N2S2/c1-3-7-17-13(5-1)21-15-9-10-16-22-14-6-2-4-8-18(14)28-20(22)12-26-24(16)23(15)25-11-19(21)27-17/h1-12H. The molecule has 0 aliphatic heterocycles. The van der Waals surface area contributed by atoms with Crippen LogP contribution in [0.3, 0.4) is 0 Å². The summed E-state index contributed by atoms with van der Waals surface area (Å²) in [5, 5.41) is 7.57. The zero-order valence-electron chi connectivity index (χ0n) is 14.6. The Morgan fingerprint density at radius 2 is 0.929 bits per heavy atom. The third kappa shape index (κ3) is 1.81. The van der Waals surface area contributed by atoms with Crippen molar-refractivity contribution in [1.82, 2.24) is 9.97 Å². The zero-order valence-corrected chi connectivity index (χ0v) is 16.3. The zero-order chi connectivity index (χ0) is 18.2. The molecule has 0 radical (unpaired) electrons. The molecular weight excluding hydrogens is 380 g/mol. The molecule has 130 valence electrons. The molecule has 0 bridgehead atoms. The minimum Gasteiger partial charge on any atom is -0.252 e. The molecule has 4 heterocycles. The third-order valence-electron chi connectivity index (χ3n) is 5.56. The quantitative estimate of drug-likeness (QED) is 0.249. The van der Waals surface area contributed by atoms with Crippen LogP contribution in [-0.2, 0) is 0 Å². The van der Waals surface area contributed by atoms with E-state index in [2.05, 4.69) is 60.7 Å².